The number of nitrogens with two attached hydrogens (primary N) is 1. The fourth-order valence-corrected chi connectivity index (χ4v) is 6.64. The molecule has 0 aromatic rings. The minimum atomic E-state index is -0.697. The van der Waals surface area contributed by atoms with Gasteiger partial charge in [0.05, 0.1) is 12.2 Å². The Bertz CT molecular complexity index is 431. The number of rotatable bonds is 3. The van der Waals surface area contributed by atoms with Gasteiger partial charge in [0.2, 0.25) is 0 Å². The minimum Gasteiger partial charge on any atom is -0.396 e. The third-order valence-electron chi connectivity index (χ3n) is 8.11. The van der Waals surface area contributed by atoms with Gasteiger partial charge in [0.1, 0.15) is 0 Å². The van der Waals surface area contributed by atoms with E-state index in [4.69, 9.17) is 5.73 Å². The summed E-state index contributed by atoms with van der Waals surface area (Å²) in [5.41, 5.74) is 6.57. The molecule has 5 N–H and O–H groups in total. The number of fused-ring (bicyclic) bond motifs is 1. The average Bonchev–Trinajstić information content (AvgIpc) is 2.91. The Hall–Kier alpha value is -0.160. The summed E-state index contributed by atoms with van der Waals surface area (Å²) in [5, 5.41) is 30.3. The summed E-state index contributed by atoms with van der Waals surface area (Å²) in [6.07, 6.45) is 6.02. The van der Waals surface area contributed by atoms with Gasteiger partial charge < -0.3 is 21.1 Å². The highest BCUT2D eigenvalue weighted by atomic mass is 16.3. The third kappa shape index (κ3) is 2.76. The van der Waals surface area contributed by atoms with Crippen LogP contribution in [0.25, 0.3) is 0 Å². The number of hydrogen-bond acceptors (Lipinski definition) is 4. The van der Waals surface area contributed by atoms with Gasteiger partial charge in [0.25, 0.3) is 0 Å². The van der Waals surface area contributed by atoms with Crippen molar-refractivity contribution in [3.8, 4) is 0 Å². The molecule has 0 aromatic carbocycles. The standard InChI is InChI=1S/C19H35NO3/c1-18-6-3-4-14(18)13(10-20)15(5-7-18)19(2)9-17(23)16(22)8-12(19)11-21/h12-17,21-23H,3-11,20H2,1-2H3/t12-,13+,14?,15?,16+,17-,18+,19+/m1/s1. The Kier molecular flexibility index (Phi) is 4.83. The van der Waals surface area contributed by atoms with E-state index in [0.717, 1.165) is 6.42 Å². The van der Waals surface area contributed by atoms with E-state index in [-0.39, 0.29) is 17.9 Å². The van der Waals surface area contributed by atoms with Crippen molar-refractivity contribution in [2.24, 2.45) is 40.2 Å². The lowest BCUT2D eigenvalue weighted by Gasteiger charge is -2.57. The van der Waals surface area contributed by atoms with Crippen molar-refractivity contribution in [2.75, 3.05) is 13.2 Å². The molecule has 0 aliphatic heterocycles. The summed E-state index contributed by atoms with van der Waals surface area (Å²) in [6, 6.07) is 0. The first-order chi connectivity index (χ1) is 10.9. The van der Waals surface area contributed by atoms with Crippen LogP contribution in [0.4, 0.5) is 0 Å². The van der Waals surface area contributed by atoms with Crippen LogP contribution in [0.3, 0.4) is 0 Å². The summed E-state index contributed by atoms with van der Waals surface area (Å²) in [5.74, 6) is 1.68. The molecule has 2 unspecified atom stereocenters. The lowest BCUT2D eigenvalue weighted by Crippen LogP contribution is -2.55. The Morgan fingerprint density at radius 1 is 1.04 bits per heavy atom. The molecule has 0 spiro atoms. The lowest BCUT2D eigenvalue weighted by atomic mass is 9.49. The summed E-state index contributed by atoms with van der Waals surface area (Å²) in [6.45, 7) is 5.47. The average molecular weight is 325 g/mol. The molecule has 3 saturated carbocycles. The van der Waals surface area contributed by atoms with Crippen LogP contribution in [-0.2, 0) is 0 Å². The first kappa shape index (κ1) is 17.7. The largest absolute Gasteiger partial charge is 0.396 e. The predicted octanol–water partition coefficient (Wildman–Crippen LogP) is 1.91. The van der Waals surface area contributed by atoms with Crippen molar-refractivity contribution in [3.63, 3.8) is 0 Å². The second-order valence-corrected chi connectivity index (χ2v) is 9.16. The molecule has 0 aromatic heterocycles. The molecule has 23 heavy (non-hydrogen) atoms. The number of aliphatic hydroxyl groups is 3. The first-order valence-corrected chi connectivity index (χ1v) is 9.53. The maximum Gasteiger partial charge on any atom is 0.0804 e. The molecule has 3 fully saturated rings. The molecule has 0 saturated heterocycles. The van der Waals surface area contributed by atoms with Crippen LogP contribution < -0.4 is 5.73 Å². The predicted molar refractivity (Wildman–Crippen MR) is 90.6 cm³/mol. The van der Waals surface area contributed by atoms with Crippen LogP contribution in [-0.4, -0.2) is 40.7 Å². The van der Waals surface area contributed by atoms with Gasteiger partial charge in [-0.3, -0.25) is 0 Å². The number of hydrogen-bond donors (Lipinski definition) is 4. The summed E-state index contributed by atoms with van der Waals surface area (Å²) >= 11 is 0. The summed E-state index contributed by atoms with van der Waals surface area (Å²) < 4.78 is 0. The van der Waals surface area contributed by atoms with Gasteiger partial charge in [-0.15, -0.1) is 0 Å². The van der Waals surface area contributed by atoms with Crippen LogP contribution in [0.2, 0.25) is 0 Å². The Morgan fingerprint density at radius 2 is 1.78 bits per heavy atom. The van der Waals surface area contributed by atoms with Gasteiger partial charge in [0.15, 0.2) is 0 Å². The third-order valence-corrected chi connectivity index (χ3v) is 8.11. The van der Waals surface area contributed by atoms with E-state index >= 15 is 0 Å². The van der Waals surface area contributed by atoms with Crippen molar-refractivity contribution in [2.45, 2.75) is 71.0 Å². The Labute approximate surface area is 140 Å². The fraction of sp³-hybridized carbons (Fsp3) is 1.00. The first-order valence-electron chi connectivity index (χ1n) is 9.53. The van der Waals surface area contributed by atoms with Crippen molar-refractivity contribution in [1.82, 2.24) is 0 Å². The SMILES string of the molecule is C[C@@]12CCCC1[C@H](CN)C([C@@]1(C)C[C@@H](O)[C@@H](O)C[C@@H]1CO)CC2. The van der Waals surface area contributed by atoms with Crippen molar-refractivity contribution in [1.29, 1.82) is 0 Å². The lowest BCUT2D eigenvalue weighted by molar-refractivity contribution is -0.138. The van der Waals surface area contributed by atoms with E-state index in [1.165, 1.54) is 25.7 Å². The molecular formula is C19H35NO3. The quantitative estimate of drug-likeness (QED) is 0.638. The van der Waals surface area contributed by atoms with E-state index in [1.54, 1.807) is 0 Å². The van der Waals surface area contributed by atoms with E-state index < -0.39 is 12.2 Å². The molecule has 3 aliphatic rings. The number of aliphatic hydroxyl groups excluding tert-OH is 3. The molecule has 3 rings (SSSR count). The van der Waals surface area contributed by atoms with Crippen LogP contribution in [0.1, 0.15) is 58.8 Å². The van der Waals surface area contributed by atoms with Crippen LogP contribution in [0.5, 0.6) is 0 Å². The molecule has 4 heteroatoms. The highest BCUT2D eigenvalue weighted by Gasteiger charge is 2.56. The summed E-state index contributed by atoms with van der Waals surface area (Å²) in [4.78, 5) is 0. The molecular weight excluding hydrogens is 290 g/mol. The van der Waals surface area contributed by atoms with Gasteiger partial charge in [-0.05, 0) is 79.6 Å². The molecule has 0 radical (unpaired) electrons. The molecule has 134 valence electrons. The maximum atomic E-state index is 10.3. The minimum absolute atomic E-state index is 0.0608. The highest BCUT2D eigenvalue weighted by molar-refractivity contribution is 5.06. The van der Waals surface area contributed by atoms with E-state index in [9.17, 15) is 15.3 Å². The van der Waals surface area contributed by atoms with Crippen LogP contribution >= 0.6 is 0 Å². The van der Waals surface area contributed by atoms with Gasteiger partial charge in [-0.2, -0.15) is 0 Å². The zero-order valence-corrected chi connectivity index (χ0v) is 14.7. The van der Waals surface area contributed by atoms with Crippen molar-refractivity contribution in [3.05, 3.63) is 0 Å². The Balaban J connectivity index is 1.89. The molecule has 0 heterocycles. The monoisotopic (exact) mass is 325 g/mol. The van der Waals surface area contributed by atoms with Gasteiger partial charge >= 0.3 is 0 Å². The maximum absolute atomic E-state index is 10.3. The van der Waals surface area contributed by atoms with E-state index in [2.05, 4.69) is 13.8 Å². The van der Waals surface area contributed by atoms with Crippen molar-refractivity contribution >= 4 is 0 Å². The van der Waals surface area contributed by atoms with Crippen LogP contribution in [0.15, 0.2) is 0 Å². The van der Waals surface area contributed by atoms with Gasteiger partial charge in [-0.1, -0.05) is 20.3 Å². The van der Waals surface area contributed by atoms with Crippen LogP contribution in [0, 0.1) is 34.5 Å². The second kappa shape index (κ2) is 6.29. The molecule has 8 atom stereocenters. The zero-order valence-electron chi connectivity index (χ0n) is 14.7. The van der Waals surface area contributed by atoms with Gasteiger partial charge in [-0.25, -0.2) is 0 Å². The summed E-state index contributed by atoms with van der Waals surface area (Å²) in [7, 11) is 0. The normalized spacial score (nSPS) is 54.0. The van der Waals surface area contributed by atoms with E-state index in [1.807, 2.05) is 0 Å². The van der Waals surface area contributed by atoms with Gasteiger partial charge in [0, 0.05) is 6.61 Å². The van der Waals surface area contributed by atoms with Crippen molar-refractivity contribution < 1.29 is 15.3 Å². The second-order valence-electron chi connectivity index (χ2n) is 9.16. The van der Waals surface area contributed by atoms with E-state index in [0.29, 0.717) is 42.6 Å². The fourth-order valence-electron chi connectivity index (χ4n) is 6.64. The molecule has 0 amide bonds. The Morgan fingerprint density at radius 3 is 2.43 bits per heavy atom. The molecule has 0 bridgehead atoms. The zero-order chi connectivity index (χ0) is 16.8. The smallest absolute Gasteiger partial charge is 0.0804 e. The topological polar surface area (TPSA) is 86.7 Å². The highest BCUT2D eigenvalue weighted by Crippen LogP contribution is 2.61. The molecule has 4 nitrogen and oxygen atoms in total. The molecule has 3 aliphatic carbocycles.